The summed E-state index contributed by atoms with van der Waals surface area (Å²) in [5.74, 6) is 0.168. The molecule has 1 aliphatic rings. The lowest BCUT2D eigenvalue weighted by Crippen LogP contribution is -2.52. The van der Waals surface area contributed by atoms with E-state index in [1.807, 2.05) is 6.92 Å². The van der Waals surface area contributed by atoms with E-state index in [1.54, 1.807) is 0 Å². The monoisotopic (exact) mass is 256 g/mol. The fourth-order valence-electron chi connectivity index (χ4n) is 2.15. The summed E-state index contributed by atoms with van der Waals surface area (Å²) in [5, 5.41) is 6.33. The van der Waals surface area contributed by atoms with Crippen molar-refractivity contribution in [2.45, 2.75) is 25.8 Å². The number of amides is 1. The van der Waals surface area contributed by atoms with Crippen LogP contribution >= 0.6 is 0 Å². The number of piperazine rings is 1. The fourth-order valence-corrected chi connectivity index (χ4v) is 2.15. The number of hydrogen-bond acceptors (Lipinski definition) is 4. The van der Waals surface area contributed by atoms with Gasteiger partial charge in [-0.3, -0.25) is 9.69 Å². The van der Waals surface area contributed by atoms with Gasteiger partial charge in [0.15, 0.2) is 0 Å². The largest absolute Gasteiger partial charge is 0.355 e. The minimum atomic E-state index is 0.000878. The quantitative estimate of drug-likeness (QED) is 0.616. The Bertz CT molecular complexity index is 239. The summed E-state index contributed by atoms with van der Waals surface area (Å²) in [7, 11) is 4.15. The molecule has 1 amide bonds. The molecule has 5 heteroatoms. The Kier molecular flexibility index (Phi) is 7.23. The zero-order chi connectivity index (χ0) is 13.4. The van der Waals surface area contributed by atoms with Crippen LogP contribution < -0.4 is 10.6 Å². The van der Waals surface area contributed by atoms with Crippen molar-refractivity contribution in [3.63, 3.8) is 0 Å². The van der Waals surface area contributed by atoms with Crippen molar-refractivity contribution in [1.29, 1.82) is 0 Å². The zero-order valence-corrected chi connectivity index (χ0v) is 12.0. The number of nitrogens with zero attached hydrogens (tertiary/aromatic N) is 2. The molecule has 1 unspecified atom stereocenters. The van der Waals surface area contributed by atoms with Gasteiger partial charge in [-0.2, -0.15) is 0 Å². The predicted molar refractivity (Wildman–Crippen MR) is 74.7 cm³/mol. The molecule has 1 atom stereocenters. The van der Waals surface area contributed by atoms with E-state index in [1.165, 1.54) is 0 Å². The Morgan fingerprint density at radius 1 is 1.33 bits per heavy atom. The number of unbranched alkanes of at least 4 members (excludes halogenated alkanes) is 1. The van der Waals surface area contributed by atoms with Gasteiger partial charge >= 0.3 is 0 Å². The van der Waals surface area contributed by atoms with E-state index in [-0.39, 0.29) is 11.9 Å². The maximum atomic E-state index is 12.0. The third-order valence-corrected chi connectivity index (χ3v) is 3.41. The van der Waals surface area contributed by atoms with Crippen LogP contribution in [-0.2, 0) is 4.79 Å². The Morgan fingerprint density at radius 2 is 2.00 bits per heavy atom. The van der Waals surface area contributed by atoms with Crippen LogP contribution in [0.2, 0.25) is 0 Å². The van der Waals surface area contributed by atoms with E-state index in [0.717, 1.165) is 52.1 Å². The van der Waals surface area contributed by atoms with Crippen molar-refractivity contribution < 1.29 is 4.79 Å². The minimum Gasteiger partial charge on any atom is -0.355 e. The average molecular weight is 256 g/mol. The molecule has 1 rings (SSSR count). The van der Waals surface area contributed by atoms with Crippen LogP contribution in [0, 0.1) is 0 Å². The molecule has 106 valence electrons. The first-order valence-electron chi connectivity index (χ1n) is 6.98. The van der Waals surface area contributed by atoms with Crippen molar-refractivity contribution in [2.75, 3.05) is 53.4 Å². The van der Waals surface area contributed by atoms with Gasteiger partial charge < -0.3 is 15.5 Å². The maximum Gasteiger partial charge on any atom is 0.237 e. The molecule has 0 aromatic carbocycles. The molecule has 0 radical (unpaired) electrons. The maximum absolute atomic E-state index is 12.0. The van der Waals surface area contributed by atoms with E-state index in [4.69, 9.17) is 0 Å². The Hall–Kier alpha value is -0.650. The van der Waals surface area contributed by atoms with Crippen molar-refractivity contribution in [1.82, 2.24) is 20.4 Å². The van der Waals surface area contributed by atoms with Crippen LogP contribution in [0.25, 0.3) is 0 Å². The lowest BCUT2D eigenvalue weighted by Gasteiger charge is -2.31. The van der Waals surface area contributed by atoms with Crippen LogP contribution in [-0.4, -0.2) is 75.1 Å². The molecule has 0 bridgehead atoms. The third kappa shape index (κ3) is 5.80. The molecule has 0 aromatic heterocycles. The molecule has 2 N–H and O–H groups in total. The van der Waals surface area contributed by atoms with Gasteiger partial charge in [-0.1, -0.05) is 0 Å². The summed E-state index contributed by atoms with van der Waals surface area (Å²) in [6, 6.07) is 0.000878. The SMILES string of the molecule is CC(C(=O)NCCCCN(C)C)N1CCNCC1. The topological polar surface area (TPSA) is 47.6 Å². The summed E-state index contributed by atoms with van der Waals surface area (Å²) >= 11 is 0. The van der Waals surface area contributed by atoms with E-state index in [0.29, 0.717) is 0 Å². The minimum absolute atomic E-state index is 0.000878. The second-order valence-corrected chi connectivity index (χ2v) is 5.26. The van der Waals surface area contributed by atoms with E-state index in [9.17, 15) is 4.79 Å². The zero-order valence-electron chi connectivity index (χ0n) is 12.0. The fraction of sp³-hybridized carbons (Fsp3) is 0.923. The molecule has 1 heterocycles. The van der Waals surface area contributed by atoms with Crippen LogP contribution in [0.1, 0.15) is 19.8 Å². The molecule has 5 nitrogen and oxygen atoms in total. The number of hydrogen-bond donors (Lipinski definition) is 2. The van der Waals surface area contributed by atoms with Gasteiger partial charge in [0.25, 0.3) is 0 Å². The van der Waals surface area contributed by atoms with Crippen molar-refractivity contribution in [3.05, 3.63) is 0 Å². The third-order valence-electron chi connectivity index (χ3n) is 3.41. The van der Waals surface area contributed by atoms with Gasteiger partial charge in [0.1, 0.15) is 0 Å². The molecular formula is C13H28N4O. The Balaban J connectivity index is 2.11. The molecule has 1 saturated heterocycles. The number of carbonyl (C=O) groups is 1. The number of nitrogens with one attached hydrogen (secondary N) is 2. The molecule has 0 saturated carbocycles. The van der Waals surface area contributed by atoms with Crippen molar-refractivity contribution in [2.24, 2.45) is 0 Å². The van der Waals surface area contributed by atoms with Crippen molar-refractivity contribution >= 4 is 5.91 Å². The highest BCUT2D eigenvalue weighted by Gasteiger charge is 2.21. The van der Waals surface area contributed by atoms with Gasteiger partial charge in [0.2, 0.25) is 5.91 Å². The molecule has 1 aliphatic heterocycles. The lowest BCUT2D eigenvalue weighted by atomic mass is 10.2. The molecule has 1 fully saturated rings. The van der Waals surface area contributed by atoms with Crippen LogP contribution in [0.5, 0.6) is 0 Å². The summed E-state index contributed by atoms with van der Waals surface area (Å²) in [6.45, 7) is 7.79. The second kappa shape index (κ2) is 8.45. The average Bonchev–Trinajstić information content (AvgIpc) is 2.38. The summed E-state index contributed by atoms with van der Waals surface area (Å²) in [5.41, 5.74) is 0. The number of carbonyl (C=O) groups excluding carboxylic acids is 1. The Labute approximate surface area is 111 Å². The lowest BCUT2D eigenvalue weighted by molar-refractivity contribution is -0.126. The first-order valence-corrected chi connectivity index (χ1v) is 6.98. The van der Waals surface area contributed by atoms with Gasteiger partial charge in [-0.15, -0.1) is 0 Å². The molecule has 0 spiro atoms. The van der Waals surface area contributed by atoms with Crippen molar-refractivity contribution in [3.8, 4) is 0 Å². The Morgan fingerprint density at radius 3 is 2.61 bits per heavy atom. The van der Waals surface area contributed by atoms with Crippen LogP contribution in [0.15, 0.2) is 0 Å². The molecule has 0 aromatic rings. The van der Waals surface area contributed by atoms with Gasteiger partial charge in [-0.05, 0) is 40.4 Å². The van der Waals surface area contributed by atoms with Gasteiger partial charge in [-0.25, -0.2) is 0 Å². The molecular weight excluding hydrogens is 228 g/mol. The van der Waals surface area contributed by atoms with E-state index in [2.05, 4.69) is 34.5 Å². The van der Waals surface area contributed by atoms with Gasteiger partial charge in [0.05, 0.1) is 6.04 Å². The van der Waals surface area contributed by atoms with Crippen LogP contribution in [0.4, 0.5) is 0 Å². The normalized spacial score (nSPS) is 18.9. The van der Waals surface area contributed by atoms with E-state index >= 15 is 0 Å². The summed E-state index contributed by atoms with van der Waals surface area (Å²) in [4.78, 5) is 16.4. The van der Waals surface area contributed by atoms with E-state index < -0.39 is 0 Å². The first-order chi connectivity index (χ1) is 8.61. The molecule has 0 aliphatic carbocycles. The summed E-state index contributed by atoms with van der Waals surface area (Å²) < 4.78 is 0. The van der Waals surface area contributed by atoms with Gasteiger partial charge in [0, 0.05) is 32.7 Å². The second-order valence-electron chi connectivity index (χ2n) is 5.26. The molecule has 18 heavy (non-hydrogen) atoms. The van der Waals surface area contributed by atoms with Crippen LogP contribution in [0.3, 0.4) is 0 Å². The number of rotatable bonds is 7. The standard InChI is InChI=1S/C13H28N4O/c1-12(17-10-7-14-8-11-17)13(18)15-6-4-5-9-16(2)3/h12,14H,4-11H2,1-3H3,(H,15,18). The highest BCUT2D eigenvalue weighted by molar-refractivity contribution is 5.81. The predicted octanol–water partition coefficient (Wildman–Crippen LogP) is -0.262. The highest BCUT2D eigenvalue weighted by atomic mass is 16.2. The summed E-state index contributed by atoms with van der Waals surface area (Å²) in [6.07, 6.45) is 2.19. The smallest absolute Gasteiger partial charge is 0.237 e. The highest BCUT2D eigenvalue weighted by Crippen LogP contribution is 2.01. The first kappa shape index (κ1) is 15.4.